The molecule has 1 aromatic carbocycles. The Morgan fingerprint density at radius 2 is 1.66 bits per heavy atom. The molecule has 182 valence electrons. The van der Waals surface area contributed by atoms with Crippen molar-refractivity contribution < 1.29 is 8.42 Å². The lowest BCUT2D eigenvalue weighted by Crippen LogP contribution is -2.44. The molecule has 0 spiro atoms. The second-order valence-electron chi connectivity index (χ2n) is 8.65. The summed E-state index contributed by atoms with van der Waals surface area (Å²) in [4.78, 5) is 7.31. The van der Waals surface area contributed by atoms with Gasteiger partial charge in [0.05, 0.1) is 4.90 Å². The number of nitrogens with zero attached hydrogens (tertiary/aromatic N) is 3. The van der Waals surface area contributed by atoms with E-state index in [1.807, 2.05) is 6.07 Å². The number of guanidine groups is 1. The van der Waals surface area contributed by atoms with Gasteiger partial charge in [-0.05, 0) is 69.8 Å². The second kappa shape index (κ2) is 14.4. The lowest BCUT2D eigenvalue weighted by molar-refractivity contribution is 0.273. The average molecular weight is 578 g/mol. The largest absolute Gasteiger partial charge is 0.356 e. The van der Waals surface area contributed by atoms with E-state index in [-0.39, 0.29) is 24.0 Å². The van der Waals surface area contributed by atoms with E-state index in [2.05, 4.69) is 20.5 Å². The Labute approximate surface area is 211 Å². The molecule has 0 radical (unpaired) electrons. The van der Waals surface area contributed by atoms with Crippen molar-refractivity contribution in [2.24, 2.45) is 10.9 Å². The minimum absolute atomic E-state index is 0. The van der Waals surface area contributed by atoms with Crippen molar-refractivity contribution in [3.63, 3.8) is 0 Å². The van der Waals surface area contributed by atoms with Gasteiger partial charge in [-0.15, -0.1) is 24.0 Å². The highest BCUT2D eigenvalue weighted by molar-refractivity contribution is 14.0. The Hall–Kier alpha value is -0.910. The summed E-state index contributed by atoms with van der Waals surface area (Å²) in [6.07, 6.45) is 8.28. The summed E-state index contributed by atoms with van der Waals surface area (Å²) in [6, 6.07) is 8.73. The average Bonchev–Trinajstić information content (AvgIpc) is 3.08. The van der Waals surface area contributed by atoms with Crippen LogP contribution in [0.1, 0.15) is 44.9 Å². The number of hydrogen-bond donors (Lipinski definition) is 2. The van der Waals surface area contributed by atoms with Crippen LogP contribution >= 0.6 is 24.0 Å². The third-order valence-electron chi connectivity index (χ3n) is 6.38. The van der Waals surface area contributed by atoms with E-state index in [1.165, 1.54) is 38.8 Å². The van der Waals surface area contributed by atoms with Crippen LogP contribution in [0, 0.1) is 5.92 Å². The van der Waals surface area contributed by atoms with E-state index in [9.17, 15) is 8.42 Å². The molecule has 0 atom stereocenters. The Balaban J connectivity index is 0.00000363. The number of piperidine rings is 1. The van der Waals surface area contributed by atoms with Crippen LogP contribution in [0.25, 0.3) is 0 Å². The van der Waals surface area contributed by atoms with Crippen LogP contribution in [-0.2, 0) is 10.0 Å². The number of rotatable bonds is 8. The third kappa shape index (κ3) is 8.46. The van der Waals surface area contributed by atoms with Crippen molar-refractivity contribution in [2.45, 2.75) is 49.8 Å². The first kappa shape index (κ1) is 27.3. The predicted octanol–water partition coefficient (Wildman–Crippen LogP) is 3.14. The highest BCUT2D eigenvalue weighted by atomic mass is 127. The first-order valence-corrected chi connectivity index (χ1v) is 13.3. The summed E-state index contributed by atoms with van der Waals surface area (Å²) in [5.74, 6) is 1.30. The van der Waals surface area contributed by atoms with Crippen LogP contribution in [0.4, 0.5) is 0 Å². The maximum Gasteiger partial charge on any atom is 0.243 e. The van der Waals surface area contributed by atoms with Crippen LogP contribution in [0.3, 0.4) is 0 Å². The molecule has 2 fully saturated rings. The molecule has 3 rings (SSSR count). The van der Waals surface area contributed by atoms with Crippen LogP contribution in [0.15, 0.2) is 40.2 Å². The second-order valence-corrected chi connectivity index (χ2v) is 10.6. The van der Waals surface area contributed by atoms with Crippen molar-refractivity contribution in [3.8, 4) is 0 Å². The summed E-state index contributed by atoms with van der Waals surface area (Å²) < 4.78 is 27.1. The predicted molar refractivity (Wildman–Crippen MR) is 142 cm³/mol. The highest BCUT2D eigenvalue weighted by Gasteiger charge is 2.29. The molecule has 0 bridgehead atoms. The summed E-state index contributed by atoms with van der Waals surface area (Å²) in [5, 5.41) is 6.85. The van der Waals surface area contributed by atoms with E-state index in [4.69, 9.17) is 0 Å². The summed E-state index contributed by atoms with van der Waals surface area (Å²) in [7, 11) is -1.57. The zero-order chi connectivity index (χ0) is 21.9. The number of hydrogen-bond acceptors (Lipinski definition) is 4. The van der Waals surface area contributed by atoms with Gasteiger partial charge in [0.15, 0.2) is 5.96 Å². The van der Waals surface area contributed by atoms with Gasteiger partial charge in [0, 0.05) is 33.2 Å². The number of nitrogens with one attached hydrogen (secondary N) is 2. The Bertz CT molecular complexity index is 775. The van der Waals surface area contributed by atoms with Gasteiger partial charge in [0.25, 0.3) is 0 Å². The van der Waals surface area contributed by atoms with Gasteiger partial charge in [0.2, 0.25) is 10.0 Å². The molecular weight excluding hydrogens is 537 g/mol. The summed E-state index contributed by atoms with van der Waals surface area (Å²) >= 11 is 0. The van der Waals surface area contributed by atoms with Gasteiger partial charge in [-0.25, -0.2) is 8.42 Å². The van der Waals surface area contributed by atoms with Crippen LogP contribution in [0.5, 0.6) is 0 Å². The van der Waals surface area contributed by atoms with Gasteiger partial charge >= 0.3 is 0 Å². The number of halogens is 1. The third-order valence-corrected chi connectivity index (χ3v) is 8.29. The molecule has 2 aliphatic heterocycles. The minimum atomic E-state index is -3.38. The quantitative estimate of drug-likeness (QED) is 0.215. The van der Waals surface area contributed by atoms with E-state index in [1.54, 1.807) is 35.6 Å². The molecule has 9 heteroatoms. The fraction of sp³-hybridized carbons (Fsp3) is 0.696. The molecule has 2 N–H and O–H groups in total. The molecule has 1 aromatic rings. The van der Waals surface area contributed by atoms with Gasteiger partial charge in [0.1, 0.15) is 0 Å². The lowest BCUT2D eigenvalue weighted by Gasteiger charge is -2.31. The molecule has 32 heavy (non-hydrogen) atoms. The minimum Gasteiger partial charge on any atom is -0.356 e. The van der Waals surface area contributed by atoms with Crippen molar-refractivity contribution in [1.29, 1.82) is 0 Å². The van der Waals surface area contributed by atoms with Gasteiger partial charge in [-0.1, -0.05) is 31.0 Å². The number of aliphatic imine (C=N–C) groups is 1. The molecule has 0 saturated carbocycles. The number of sulfonamides is 1. The normalized spacial score (nSPS) is 19.7. The van der Waals surface area contributed by atoms with E-state index < -0.39 is 10.0 Å². The highest BCUT2D eigenvalue weighted by Crippen LogP contribution is 2.23. The molecule has 2 saturated heterocycles. The zero-order valence-corrected chi connectivity index (χ0v) is 22.5. The Morgan fingerprint density at radius 3 is 2.28 bits per heavy atom. The first-order valence-electron chi connectivity index (χ1n) is 11.8. The molecule has 0 aromatic heterocycles. The van der Waals surface area contributed by atoms with Crippen LogP contribution < -0.4 is 10.6 Å². The summed E-state index contributed by atoms with van der Waals surface area (Å²) in [6.45, 7) is 6.53. The Morgan fingerprint density at radius 1 is 1.00 bits per heavy atom. The maximum atomic E-state index is 12.8. The monoisotopic (exact) mass is 577 g/mol. The number of likely N-dealkylation sites (tertiary alicyclic amines) is 1. The van der Waals surface area contributed by atoms with E-state index >= 15 is 0 Å². The lowest BCUT2D eigenvalue weighted by atomic mass is 9.98. The topological polar surface area (TPSA) is 77.0 Å². The maximum absolute atomic E-state index is 12.8. The van der Waals surface area contributed by atoms with Crippen molar-refractivity contribution >= 4 is 40.0 Å². The van der Waals surface area contributed by atoms with Gasteiger partial charge in [-0.3, -0.25) is 4.99 Å². The van der Waals surface area contributed by atoms with Crippen molar-refractivity contribution in [1.82, 2.24) is 19.8 Å². The van der Waals surface area contributed by atoms with Crippen LogP contribution in [-0.4, -0.2) is 76.4 Å². The zero-order valence-electron chi connectivity index (χ0n) is 19.3. The Kier molecular flexibility index (Phi) is 12.3. The molecule has 0 aliphatic carbocycles. The fourth-order valence-electron chi connectivity index (χ4n) is 4.43. The molecule has 0 amide bonds. The molecule has 2 heterocycles. The van der Waals surface area contributed by atoms with Gasteiger partial charge < -0.3 is 15.5 Å². The standard InChI is InChI=1S/C23H39N5O2S.HI/c1-24-23(25-14-9-17-27-15-7-2-3-8-16-27)26-20-21-12-18-28(19-13-21)31(29,30)22-10-5-4-6-11-22;/h4-6,10-11,21H,2-3,7-9,12-20H2,1H3,(H2,24,25,26);1H. The first-order chi connectivity index (χ1) is 15.1. The van der Waals surface area contributed by atoms with E-state index in [0.717, 1.165) is 44.9 Å². The SMILES string of the molecule is CN=C(NCCCN1CCCCCC1)NCC1CCN(S(=O)(=O)c2ccccc2)CC1.I. The molecule has 2 aliphatic rings. The smallest absolute Gasteiger partial charge is 0.243 e. The van der Waals surface area contributed by atoms with Crippen LogP contribution in [0.2, 0.25) is 0 Å². The fourth-order valence-corrected chi connectivity index (χ4v) is 5.92. The molecular formula is C23H40IN5O2S. The number of benzene rings is 1. The molecule has 7 nitrogen and oxygen atoms in total. The molecule has 0 unspecified atom stereocenters. The summed E-state index contributed by atoms with van der Waals surface area (Å²) in [5.41, 5.74) is 0. The van der Waals surface area contributed by atoms with Crippen molar-refractivity contribution in [2.75, 3.05) is 52.9 Å². The van der Waals surface area contributed by atoms with Crippen molar-refractivity contribution in [3.05, 3.63) is 30.3 Å². The van der Waals surface area contributed by atoms with E-state index in [0.29, 0.717) is 23.9 Å². The van der Waals surface area contributed by atoms with Gasteiger partial charge in [-0.2, -0.15) is 4.31 Å².